The van der Waals surface area contributed by atoms with Gasteiger partial charge >= 0.3 is 0 Å². The second-order valence-corrected chi connectivity index (χ2v) is 9.70. The van der Waals surface area contributed by atoms with E-state index in [1.54, 1.807) is 48.8 Å². The monoisotopic (exact) mass is 510 g/mol. The minimum atomic E-state index is -3.60. The highest BCUT2D eigenvalue weighted by Gasteiger charge is 2.22. The highest BCUT2D eigenvalue weighted by molar-refractivity contribution is 7.92. The van der Waals surface area contributed by atoms with Gasteiger partial charge in [-0.05, 0) is 48.9 Å². The summed E-state index contributed by atoms with van der Waals surface area (Å²) in [6.45, 7) is 1.56. The summed E-state index contributed by atoms with van der Waals surface area (Å²) in [6.07, 6.45) is 3.17. The Labute approximate surface area is 206 Å². The zero-order valence-electron chi connectivity index (χ0n) is 19.2. The number of hydrogen-bond donors (Lipinski definition) is 4. The largest absolute Gasteiger partial charge is 0.487 e. The minimum Gasteiger partial charge on any atom is -0.487 e. The maximum Gasteiger partial charge on any atom is 0.254 e. The van der Waals surface area contributed by atoms with Gasteiger partial charge in [-0.15, -0.1) is 0 Å². The van der Waals surface area contributed by atoms with E-state index >= 15 is 0 Å². The molecule has 36 heavy (non-hydrogen) atoms. The molecule has 0 saturated heterocycles. The molecule has 0 fully saturated rings. The van der Waals surface area contributed by atoms with Crippen molar-refractivity contribution >= 4 is 33.1 Å². The van der Waals surface area contributed by atoms with Crippen LogP contribution in [0.3, 0.4) is 0 Å². The van der Waals surface area contributed by atoms with Gasteiger partial charge < -0.3 is 15.8 Å². The number of ether oxygens (including phenoxy) is 1. The Balaban J connectivity index is 1.71. The van der Waals surface area contributed by atoms with E-state index in [0.717, 1.165) is 0 Å². The van der Waals surface area contributed by atoms with Crippen molar-refractivity contribution in [3.8, 4) is 17.0 Å². The first kappa shape index (κ1) is 24.7. The number of H-pyrrole nitrogens is 1. The zero-order valence-corrected chi connectivity index (χ0v) is 20.0. The third-order valence-corrected chi connectivity index (χ3v) is 6.45. The van der Waals surface area contributed by atoms with E-state index in [4.69, 9.17) is 10.5 Å². The van der Waals surface area contributed by atoms with Crippen LogP contribution in [0.15, 0.2) is 67.0 Å². The molecule has 186 valence electrons. The molecule has 4 rings (SSSR count). The van der Waals surface area contributed by atoms with E-state index in [1.807, 2.05) is 0 Å². The Bertz CT molecular complexity index is 1470. The fraction of sp³-hybridized carbons (Fsp3) is 0.125. The van der Waals surface area contributed by atoms with Crippen molar-refractivity contribution in [2.24, 2.45) is 5.73 Å². The van der Waals surface area contributed by atoms with E-state index in [9.17, 15) is 17.6 Å². The lowest BCUT2D eigenvalue weighted by Crippen LogP contribution is -2.15. The molecule has 0 aliphatic heterocycles. The quantitative estimate of drug-likeness (QED) is 0.253. The van der Waals surface area contributed by atoms with E-state index < -0.39 is 15.9 Å². The molecule has 0 saturated carbocycles. The summed E-state index contributed by atoms with van der Waals surface area (Å²) in [6, 6.07) is 13.9. The minimum absolute atomic E-state index is 0.0457. The smallest absolute Gasteiger partial charge is 0.254 e. The van der Waals surface area contributed by atoms with E-state index in [2.05, 4.69) is 25.2 Å². The number of rotatable bonds is 10. The number of nitrogens with one attached hydrogen (secondary N) is 3. The molecular formula is C24H23FN6O4S. The van der Waals surface area contributed by atoms with Crippen LogP contribution in [0.1, 0.15) is 22.8 Å². The summed E-state index contributed by atoms with van der Waals surface area (Å²) >= 11 is 0. The molecule has 12 heteroatoms. The summed E-state index contributed by atoms with van der Waals surface area (Å²) in [7, 11) is -3.60. The van der Waals surface area contributed by atoms with Gasteiger partial charge in [-0.25, -0.2) is 12.8 Å². The van der Waals surface area contributed by atoms with Gasteiger partial charge in [0.05, 0.1) is 29.0 Å². The predicted molar refractivity (Wildman–Crippen MR) is 134 cm³/mol. The molecule has 5 N–H and O–H groups in total. The summed E-state index contributed by atoms with van der Waals surface area (Å²) < 4.78 is 46.0. The Morgan fingerprint density at radius 1 is 1.17 bits per heavy atom. The summed E-state index contributed by atoms with van der Waals surface area (Å²) in [4.78, 5) is 16.4. The average molecular weight is 511 g/mol. The second kappa shape index (κ2) is 10.4. The lowest BCUT2D eigenvalue weighted by atomic mass is 10.1. The highest BCUT2D eigenvalue weighted by Crippen LogP contribution is 2.35. The normalized spacial score (nSPS) is 11.2. The predicted octanol–water partition coefficient (Wildman–Crippen LogP) is 3.79. The van der Waals surface area contributed by atoms with Crippen LogP contribution in [0.5, 0.6) is 5.75 Å². The van der Waals surface area contributed by atoms with Crippen LogP contribution < -0.4 is 20.5 Å². The van der Waals surface area contributed by atoms with E-state index in [-0.39, 0.29) is 41.0 Å². The Kier molecular flexibility index (Phi) is 7.15. The standard InChI is InChI=1S/C24H23FN6O4S/c1-2-36(33,34)31-19-10-7-16(12-20(19)35-14-15-5-8-17(25)9-6-15)22-21(23(26)32)24(30-29-22)28-18-4-3-11-27-13-18/h3-13,31H,2,14H2,1H3,(H2,26,32)(H2,28,29,30). The number of benzene rings is 2. The summed E-state index contributed by atoms with van der Waals surface area (Å²) in [5.74, 6) is -0.849. The molecule has 4 aromatic rings. The average Bonchev–Trinajstić information content (AvgIpc) is 3.28. The molecule has 2 aromatic carbocycles. The van der Waals surface area contributed by atoms with E-state index in [0.29, 0.717) is 22.5 Å². The zero-order chi connectivity index (χ0) is 25.7. The molecule has 0 atom stereocenters. The first-order valence-corrected chi connectivity index (χ1v) is 12.5. The van der Waals surface area contributed by atoms with Crippen molar-refractivity contribution in [3.05, 3.63) is 83.9 Å². The third kappa shape index (κ3) is 5.78. The van der Waals surface area contributed by atoms with Crippen LogP contribution >= 0.6 is 0 Å². The number of carbonyl (C=O) groups excluding carboxylic acids is 1. The molecule has 0 spiro atoms. The third-order valence-electron chi connectivity index (χ3n) is 5.16. The fourth-order valence-corrected chi connectivity index (χ4v) is 3.97. The highest BCUT2D eigenvalue weighted by atomic mass is 32.2. The molecule has 1 amide bonds. The SMILES string of the molecule is CCS(=O)(=O)Nc1ccc(-c2[nH]nc(Nc3cccnc3)c2C(N)=O)cc1OCc1ccc(F)cc1. The van der Waals surface area contributed by atoms with Crippen LogP contribution in [0, 0.1) is 5.82 Å². The number of aromatic nitrogens is 3. The van der Waals surface area contributed by atoms with Crippen LogP contribution in [0.4, 0.5) is 21.6 Å². The van der Waals surface area contributed by atoms with Gasteiger partial charge in [0.15, 0.2) is 5.82 Å². The number of anilines is 3. The fourth-order valence-electron chi connectivity index (χ4n) is 3.32. The maximum absolute atomic E-state index is 13.2. The van der Waals surface area contributed by atoms with Crippen molar-refractivity contribution in [1.82, 2.24) is 15.2 Å². The van der Waals surface area contributed by atoms with Crippen molar-refractivity contribution in [2.75, 3.05) is 15.8 Å². The summed E-state index contributed by atoms with van der Waals surface area (Å²) in [5.41, 5.74) is 8.03. The maximum atomic E-state index is 13.2. The molecule has 2 aromatic heterocycles. The van der Waals surface area contributed by atoms with Crippen molar-refractivity contribution in [1.29, 1.82) is 0 Å². The topological polar surface area (TPSA) is 152 Å². The molecule has 0 aliphatic carbocycles. The number of hydrogen-bond acceptors (Lipinski definition) is 7. The van der Waals surface area contributed by atoms with Crippen LogP contribution in [0.25, 0.3) is 11.3 Å². The lowest BCUT2D eigenvalue weighted by molar-refractivity contribution is 0.100. The van der Waals surface area contributed by atoms with Crippen LogP contribution in [-0.2, 0) is 16.6 Å². The van der Waals surface area contributed by atoms with Gasteiger partial charge in [0.2, 0.25) is 10.0 Å². The number of nitrogens with two attached hydrogens (primary N) is 1. The molecule has 0 unspecified atom stereocenters. The summed E-state index contributed by atoms with van der Waals surface area (Å²) in [5, 5.41) is 9.99. The molecule has 0 bridgehead atoms. The molecule has 0 aliphatic rings. The van der Waals surface area contributed by atoms with Crippen LogP contribution in [0.2, 0.25) is 0 Å². The van der Waals surface area contributed by atoms with Gasteiger partial charge in [-0.2, -0.15) is 5.10 Å². The Morgan fingerprint density at radius 3 is 2.61 bits per heavy atom. The number of primary amides is 1. The Morgan fingerprint density at radius 2 is 1.94 bits per heavy atom. The molecule has 2 heterocycles. The van der Waals surface area contributed by atoms with Gasteiger partial charge in [-0.3, -0.25) is 19.6 Å². The molecule has 0 radical (unpaired) electrons. The molecular weight excluding hydrogens is 487 g/mol. The van der Waals surface area contributed by atoms with Crippen molar-refractivity contribution in [2.45, 2.75) is 13.5 Å². The number of sulfonamides is 1. The number of pyridine rings is 1. The van der Waals surface area contributed by atoms with Crippen molar-refractivity contribution in [3.63, 3.8) is 0 Å². The van der Waals surface area contributed by atoms with Gasteiger partial charge in [0.25, 0.3) is 5.91 Å². The molecule has 10 nitrogen and oxygen atoms in total. The number of halogens is 1. The second-order valence-electron chi connectivity index (χ2n) is 7.68. The number of aromatic amines is 1. The number of carbonyl (C=O) groups is 1. The lowest BCUT2D eigenvalue weighted by Gasteiger charge is -2.15. The number of amides is 1. The van der Waals surface area contributed by atoms with Gasteiger partial charge in [0, 0.05) is 11.8 Å². The van der Waals surface area contributed by atoms with E-state index in [1.165, 1.54) is 25.1 Å². The van der Waals surface area contributed by atoms with Crippen LogP contribution in [-0.4, -0.2) is 35.3 Å². The number of nitrogens with zero attached hydrogens (tertiary/aromatic N) is 2. The first-order valence-electron chi connectivity index (χ1n) is 10.8. The van der Waals surface area contributed by atoms with Gasteiger partial charge in [0.1, 0.15) is 23.7 Å². The van der Waals surface area contributed by atoms with Crippen molar-refractivity contribution < 1.29 is 22.3 Å². The first-order chi connectivity index (χ1) is 17.3. The Hall–Kier alpha value is -4.45. The van der Waals surface area contributed by atoms with Gasteiger partial charge in [-0.1, -0.05) is 18.2 Å².